The van der Waals surface area contributed by atoms with Gasteiger partial charge in [-0.3, -0.25) is 9.69 Å². The summed E-state index contributed by atoms with van der Waals surface area (Å²) in [7, 11) is -1.33. The second kappa shape index (κ2) is 11.0. The van der Waals surface area contributed by atoms with Crippen LogP contribution in [-0.2, 0) is 14.6 Å². The lowest BCUT2D eigenvalue weighted by Gasteiger charge is -2.28. The van der Waals surface area contributed by atoms with Crippen LogP contribution in [0.5, 0.6) is 5.75 Å². The molecule has 2 aromatic heterocycles. The number of benzene rings is 1. The molecule has 2 aliphatic rings. The predicted octanol–water partition coefficient (Wildman–Crippen LogP) is 1.87. The molecule has 1 aromatic carbocycles. The number of rotatable bonds is 5. The Morgan fingerprint density at radius 3 is 2.68 bits per heavy atom. The van der Waals surface area contributed by atoms with Crippen molar-refractivity contribution in [2.45, 2.75) is 31.7 Å². The summed E-state index contributed by atoms with van der Waals surface area (Å²) in [4.78, 5) is 28.2. The molecule has 1 amide bonds. The average Bonchev–Trinajstić information content (AvgIpc) is 3.34. The lowest BCUT2D eigenvalue weighted by Crippen LogP contribution is -2.40. The molecule has 0 bridgehead atoms. The molecule has 3 heterocycles. The van der Waals surface area contributed by atoms with Gasteiger partial charge in [-0.2, -0.15) is 0 Å². The summed E-state index contributed by atoms with van der Waals surface area (Å²) >= 11 is 0. The summed E-state index contributed by atoms with van der Waals surface area (Å²) in [6.45, 7) is 1.40. The minimum atomic E-state index is -2.92. The number of anilines is 2. The zero-order chi connectivity index (χ0) is 26.7. The number of sulfone groups is 1. The fraction of sp³-hybridized carbons (Fsp3) is 0.462. The maximum Gasteiger partial charge on any atom is 0.227 e. The van der Waals surface area contributed by atoms with Crippen LogP contribution in [-0.4, -0.2) is 77.0 Å². The molecule has 1 saturated carbocycles. The van der Waals surface area contributed by atoms with Crippen LogP contribution in [0.2, 0.25) is 0 Å². The molecule has 1 aliphatic carbocycles. The van der Waals surface area contributed by atoms with Gasteiger partial charge in [0.15, 0.2) is 21.3 Å². The van der Waals surface area contributed by atoms with Crippen molar-refractivity contribution in [3.8, 4) is 17.6 Å². The normalized spacial score (nSPS) is 21.4. The van der Waals surface area contributed by atoms with E-state index in [-0.39, 0.29) is 35.2 Å². The smallest absolute Gasteiger partial charge is 0.227 e. The number of nitrogens with one attached hydrogen (secondary N) is 1. The predicted molar refractivity (Wildman–Crippen MR) is 144 cm³/mol. The van der Waals surface area contributed by atoms with E-state index >= 15 is 0 Å². The Morgan fingerprint density at radius 1 is 1.18 bits per heavy atom. The van der Waals surface area contributed by atoms with Crippen LogP contribution in [0, 0.1) is 17.8 Å². The summed E-state index contributed by atoms with van der Waals surface area (Å²) in [6, 6.07) is 7.49. The zero-order valence-electron chi connectivity index (χ0n) is 21.3. The van der Waals surface area contributed by atoms with Crippen molar-refractivity contribution in [3.63, 3.8) is 0 Å². The first-order chi connectivity index (χ1) is 18.3. The number of carbonyl (C=O) groups excluding carboxylic acids is 1. The molecule has 200 valence electrons. The first kappa shape index (κ1) is 25.9. The molecule has 0 radical (unpaired) electrons. The van der Waals surface area contributed by atoms with E-state index in [9.17, 15) is 13.2 Å². The third kappa shape index (κ3) is 5.89. The van der Waals surface area contributed by atoms with Gasteiger partial charge in [-0.25, -0.2) is 23.4 Å². The topological polar surface area (TPSA) is 145 Å². The molecule has 2 fully saturated rings. The molecule has 5 rings (SSSR count). The second-order valence-electron chi connectivity index (χ2n) is 9.71. The number of nitrogens with zero attached hydrogens (tertiary/aromatic N) is 5. The van der Waals surface area contributed by atoms with Crippen LogP contribution < -0.4 is 15.8 Å². The number of methoxy groups -OCH3 is 1. The Labute approximate surface area is 221 Å². The number of amides is 1. The molecule has 0 spiro atoms. The molecule has 1 saturated heterocycles. The van der Waals surface area contributed by atoms with E-state index in [1.807, 2.05) is 33.7 Å². The maximum absolute atomic E-state index is 12.9. The number of carbonyl (C=O) groups is 1. The van der Waals surface area contributed by atoms with Gasteiger partial charge in [-0.05, 0) is 43.7 Å². The van der Waals surface area contributed by atoms with Crippen molar-refractivity contribution in [2.24, 2.45) is 5.92 Å². The van der Waals surface area contributed by atoms with Gasteiger partial charge < -0.3 is 20.4 Å². The Morgan fingerprint density at radius 2 is 1.95 bits per heavy atom. The summed E-state index contributed by atoms with van der Waals surface area (Å²) in [5.74, 6) is 7.57. The van der Waals surface area contributed by atoms with E-state index in [0.717, 1.165) is 31.4 Å². The molecule has 12 heteroatoms. The van der Waals surface area contributed by atoms with E-state index < -0.39 is 9.84 Å². The SMILES string of the molecule is COc1cccc(NC(=O)[C@H]2CC[C@@H](n3cnc4c(N)nc(C#CCN5CCS(=O)(=O)CC5)nc43)CC2)c1. The monoisotopic (exact) mass is 537 g/mol. The molecule has 3 aromatic rings. The Bertz CT molecular complexity index is 1490. The summed E-state index contributed by atoms with van der Waals surface area (Å²) in [5.41, 5.74) is 8.06. The third-order valence-corrected chi connectivity index (χ3v) is 8.80. The van der Waals surface area contributed by atoms with E-state index in [2.05, 4.69) is 32.1 Å². The van der Waals surface area contributed by atoms with Gasteiger partial charge in [0.2, 0.25) is 11.7 Å². The fourth-order valence-electron chi connectivity index (χ4n) is 4.96. The number of hydrogen-bond donors (Lipinski definition) is 2. The van der Waals surface area contributed by atoms with Gasteiger partial charge in [-0.1, -0.05) is 12.0 Å². The highest BCUT2D eigenvalue weighted by Gasteiger charge is 2.29. The van der Waals surface area contributed by atoms with Crippen LogP contribution in [0.15, 0.2) is 30.6 Å². The van der Waals surface area contributed by atoms with Gasteiger partial charge in [0, 0.05) is 36.8 Å². The second-order valence-corrected chi connectivity index (χ2v) is 12.0. The lowest BCUT2D eigenvalue weighted by molar-refractivity contribution is -0.121. The number of fused-ring (bicyclic) bond motifs is 1. The average molecular weight is 538 g/mol. The van der Waals surface area contributed by atoms with Crippen molar-refractivity contribution in [2.75, 3.05) is 49.3 Å². The number of ether oxygens (including phenoxy) is 1. The largest absolute Gasteiger partial charge is 0.497 e. The van der Waals surface area contributed by atoms with Gasteiger partial charge in [0.1, 0.15) is 11.3 Å². The van der Waals surface area contributed by atoms with Gasteiger partial charge in [0.25, 0.3) is 0 Å². The van der Waals surface area contributed by atoms with E-state index in [1.165, 1.54) is 0 Å². The standard InChI is InChI=1S/C26H31N7O4S/c1-37-21-5-2-4-19(16-21)29-26(34)18-7-9-20(10-8-18)33-17-28-23-24(27)30-22(31-25(23)33)6-3-11-32-12-14-38(35,36)15-13-32/h2,4-5,16-18,20H,7-15H2,1H3,(H,29,34)(H2,27,30,31)/t18-,20+. The van der Waals surface area contributed by atoms with Crippen molar-refractivity contribution in [1.29, 1.82) is 0 Å². The highest BCUT2D eigenvalue weighted by Crippen LogP contribution is 2.35. The summed E-state index contributed by atoms with van der Waals surface area (Å²) < 4.78 is 30.5. The Kier molecular flexibility index (Phi) is 7.49. The van der Waals surface area contributed by atoms with E-state index in [1.54, 1.807) is 13.4 Å². The van der Waals surface area contributed by atoms with Crippen LogP contribution in [0.25, 0.3) is 11.2 Å². The van der Waals surface area contributed by atoms with E-state index in [0.29, 0.717) is 42.4 Å². The fourth-order valence-corrected chi connectivity index (χ4v) is 6.24. The summed E-state index contributed by atoms with van der Waals surface area (Å²) in [5, 5.41) is 3.00. The van der Waals surface area contributed by atoms with Crippen molar-refractivity contribution < 1.29 is 17.9 Å². The van der Waals surface area contributed by atoms with Crippen LogP contribution in [0.3, 0.4) is 0 Å². The molecule has 0 atom stereocenters. The minimum Gasteiger partial charge on any atom is -0.497 e. The van der Waals surface area contributed by atoms with Crippen molar-refractivity contribution in [3.05, 3.63) is 36.4 Å². The molecule has 38 heavy (non-hydrogen) atoms. The number of imidazole rings is 1. The quantitative estimate of drug-likeness (QED) is 0.466. The Balaban J connectivity index is 1.23. The molecular formula is C26H31N7O4S. The van der Waals surface area contributed by atoms with Crippen molar-refractivity contribution in [1.82, 2.24) is 24.4 Å². The summed E-state index contributed by atoms with van der Waals surface area (Å²) in [6.07, 6.45) is 4.86. The van der Waals surface area contributed by atoms with Crippen LogP contribution in [0.4, 0.5) is 11.5 Å². The van der Waals surface area contributed by atoms with E-state index in [4.69, 9.17) is 10.5 Å². The van der Waals surface area contributed by atoms with Crippen LogP contribution >= 0.6 is 0 Å². The third-order valence-electron chi connectivity index (χ3n) is 7.19. The van der Waals surface area contributed by atoms with Crippen LogP contribution in [0.1, 0.15) is 37.5 Å². The van der Waals surface area contributed by atoms with Gasteiger partial charge >= 0.3 is 0 Å². The van der Waals surface area contributed by atoms with Crippen molar-refractivity contribution >= 4 is 38.4 Å². The molecule has 0 unspecified atom stereocenters. The van der Waals surface area contributed by atoms with Gasteiger partial charge in [-0.15, -0.1) is 0 Å². The molecule has 3 N–H and O–H groups in total. The first-order valence-corrected chi connectivity index (χ1v) is 14.5. The number of nitrogens with two attached hydrogens (primary N) is 1. The molecule has 11 nitrogen and oxygen atoms in total. The minimum absolute atomic E-state index is 0.0163. The number of nitrogen functional groups attached to an aromatic ring is 1. The Hall–Kier alpha value is -3.69. The first-order valence-electron chi connectivity index (χ1n) is 12.7. The molecule has 1 aliphatic heterocycles. The van der Waals surface area contributed by atoms with Gasteiger partial charge in [0.05, 0.1) is 31.5 Å². The zero-order valence-corrected chi connectivity index (χ0v) is 22.1. The lowest BCUT2D eigenvalue weighted by atomic mass is 9.85. The molecular weight excluding hydrogens is 506 g/mol. The number of aromatic nitrogens is 4. The maximum atomic E-state index is 12.9. The highest BCUT2D eigenvalue weighted by atomic mass is 32.2. The highest BCUT2D eigenvalue weighted by molar-refractivity contribution is 7.91. The number of hydrogen-bond acceptors (Lipinski definition) is 9.